The molecule has 0 aliphatic carbocycles. The van der Waals surface area contributed by atoms with Crippen molar-refractivity contribution in [2.75, 3.05) is 10.6 Å². The molecule has 0 atom stereocenters. The fourth-order valence-corrected chi connectivity index (χ4v) is 4.39. The maximum absolute atomic E-state index is 13.1. The second kappa shape index (κ2) is 9.99. The number of rotatable bonds is 6. The quantitative estimate of drug-likeness (QED) is 0.255. The molecule has 0 unspecified atom stereocenters. The molecule has 184 valence electrons. The van der Waals surface area contributed by atoms with E-state index in [4.69, 9.17) is 0 Å². The molecule has 0 saturated heterocycles. The average molecular weight is 498 g/mol. The number of imidazole rings is 1. The fraction of sp³-hybridized carbons (Fsp3) is 0.0323. The van der Waals surface area contributed by atoms with Crippen LogP contribution in [-0.2, 0) is 6.42 Å². The van der Waals surface area contributed by atoms with E-state index in [1.807, 2.05) is 66.7 Å². The standard InChI is InChI=1S/C31H23N5O2/c37-29(33-24-15-13-21(14-16-24)17-20-7-2-1-3-8-20)25-11-6-12-26-28(25)35-31(34-26)36-30(38)27-18-22-9-4-5-10-23(22)19-32-27/h1-16,18-19H,17H2,(H,33,37)(H2,34,35,36,38). The maximum Gasteiger partial charge on any atom is 0.276 e. The van der Waals surface area contributed by atoms with Gasteiger partial charge in [-0.05, 0) is 53.3 Å². The minimum Gasteiger partial charge on any atom is -0.324 e. The molecule has 0 aliphatic rings. The summed E-state index contributed by atoms with van der Waals surface area (Å²) in [7, 11) is 0. The summed E-state index contributed by atoms with van der Waals surface area (Å²) >= 11 is 0. The third-order valence-electron chi connectivity index (χ3n) is 6.32. The number of H-pyrrole nitrogens is 1. The lowest BCUT2D eigenvalue weighted by molar-refractivity contribution is 0.101. The van der Waals surface area contributed by atoms with Gasteiger partial charge < -0.3 is 10.3 Å². The van der Waals surface area contributed by atoms with Gasteiger partial charge in [0.2, 0.25) is 5.95 Å². The molecule has 7 heteroatoms. The summed E-state index contributed by atoms with van der Waals surface area (Å²) in [6, 6.07) is 32.8. The number of anilines is 2. The molecule has 0 spiro atoms. The van der Waals surface area contributed by atoms with Gasteiger partial charge in [-0.15, -0.1) is 0 Å². The Balaban J connectivity index is 1.18. The van der Waals surface area contributed by atoms with Crippen molar-refractivity contribution in [3.8, 4) is 0 Å². The van der Waals surface area contributed by atoms with Crippen molar-refractivity contribution in [1.82, 2.24) is 15.0 Å². The zero-order chi connectivity index (χ0) is 25.9. The van der Waals surface area contributed by atoms with Gasteiger partial charge in [0.25, 0.3) is 11.8 Å². The number of nitrogens with zero attached hydrogens (tertiary/aromatic N) is 2. The number of aromatic amines is 1. The van der Waals surface area contributed by atoms with Crippen molar-refractivity contribution >= 4 is 45.3 Å². The molecule has 6 aromatic rings. The summed E-state index contributed by atoms with van der Waals surface area (Å²) in [5, 5.41) is 7.57. The Bertz CT molecular complexity index is 1780. The molecule has 0 bridgehead atoms. The first-order valence-electron chi connectivity index (χ1n) is 12.2. The highest BCUT2D eigenvalue weighted by atomic mass is 16.2. The van der Waals surface area contributed by atoms with E-state index >= 15 is 0 Å². The SMILES string of the molecule is O=C(Nc1nc2c(C(=O)Nc3ccc(Cc4ccccc4)cc3)cccc2[nH]1)c1cc2ccccc2cn1. The molecule has 2 heterocycles. The third kappa shape index (κ3) is 4.85. The lowest BCUT2D eigenvalue weighted by Gasteiger charge is -2.07. The van der Waals surface area contributed by atoms with Gasteiger partial charge in [-0.3, -0.25) is 19.9 Å². The minimum absolute atomic E-state index is 0.241. The second-order valence-electron chi connectivity index (χ2n) is 8.97. The largest absolute Gasteiger partial charge is 0.324 e. The number of carbonyl (C=O) groups excluding carboxylic acids is 2. The van der Waals surface area contributed by atoms with Crippen molar-refractivity contribution in [2.45, 2.75) is 6.42 Å². The van der Waals surface area contributed by atoms with Crippen molar-refractivity contribution in [2.24, 2.45) is 0 Å². The Labute approximate surface area is 218 Å². The van der Waals surface area contributed by atoms with E-state index in [2.05, 4.69) is 37.7 Å². The lowest BCUT2D eigenvalue weighted by atomic mass is 10.0. The molecule has 2 amide bonds. The van der Waals surface area contributed by atoms with Gasteiger partial charge >= 0.3 is 0 Å². The number of fused-ring (bicyclic) bond motifs is 2. The number of pyridine rings is 1. The van der Waals surface area contributed by atoms with Gasteiger partial charge in [-0.1, -0.05) is 72.8 Å². The van der Waals surface area contributed by atoms with Gasteiger partial charge in [-0.2, -0.15) is 0 Å². The van der Waals surface area contributed by atoms with Crippen LogP contribution in [0, 0.1) is 0 Å². The Kier molecular flexibility index (Phi) is 6.08. The summed E-state index contributed by atoms with van der Waals surface area (Å²) in [6.45, 7) is 0. The number of nitrogens with one attached hydrogen (secondary N) is 3. The van der Waals surface area contributed by atoms with Crippen LogP contribution in [0.1, 0.15) is 32.0 Å². The predicted molar refractivity (Wildman–Crippen MR) is 149 cm³/mol. The molecule has 0 aliphatic heterocycles. The van der Waals surface area contributed by atoms with E-state index in [1.54, 1.807) is 30.5 Å². The normalized spacial score (nSPS) is 10.9. The molecule has 0 radical (unpaired) electrons. The third-order valence-corrected chi connectivity index (χ3v) is 6.32. The summed E-state index contributed by atoms with van der Waals surface area (Å²) < 4.78 is 0. The first kappa shape index (κ1) is 23.1. The van der Waals surface area contributed by atoms with Crippen LogP contribution in [0.3, 0.4) is 0 Å². The predicted octanol–water partition coefficient (Wildman–Crippen LogP) is 6.21. The number of benzene rings is 4. The van der Waals surface area contributed by atoms with Crippen LogP contribution < -0.4 is 10.6 Å². The van der Waals surface area contributed by atoms with Crippen LogP contribution in [0.2, 0.25) is 0 Å². The highest BCUT2D eigenvalue weighted by Gasteiger charge is 2.16. The van der Waals surface area contributed by atoms with Gasteiger partial charge in [-0.25, -0.2) is 4.98 Å². The molecular weight excluding hydrogens is 474 g/mol. The zero-order valence-corrected chi connectivity index (χ0v) is 20.3. The van der Waals surface area contributed by atoms with E-state index in [0.717, 1.165) is 22.8 Å². The van der Waals surface area contributed by atoms with Gasteiger partial charge in [0, 0.05) is 17.3 Å². The Morgan fingerprint density at radius 1 is 0.711 bits per heavy atom. The molecule has 7 nitrogen and oxygen atoms in total. The summed E-state index contributed by atoms with van der Waals surface area (Å²) in [5.41, 5.74) is 4.85. The monoisotopic (exact) mass is 497 g/mol. The molecule has 4 aromatic carbocycles. The van der Waals surface area contributed by atoms with E-state index in [9.17, 15) is 9.59 Å². The van der Waals surface area contributed by atoms with Gasteiger partial charge in [0.15, 0.2) is 0 Å². The van der Waals surface area contributed by atoms with Crippen LogP contribution in [0.5, 0.6) is 0 Å². The highest BCUT2D eigenvalue weighted by molar-refractivity contribution is 6.12. The number of hydrogen-bond donors (Lipinski definition) is 3. The highest BCUT2D eigenvalue weighted by Crippen LogP contribution is 2.22. The molecule has 2 aromatic heterocycles. The molecular formula is C31H23N5O2. The summed E-state index contributed by atoms with van der Waals surface area (Å²) in [4.78, 5) is 37.8. The number of para-hydroxylation sites is 1. The van der Waals surface area contributed by atoms with Crippen molar-refractivity contribution in [3.05, 3.63) is 132 Å². The molecule has 3 N–H and O–H groups in total. The van der Waals surface area contributed by atoms with Crippen LogP contribution in [0.15, 0.2) is 109 Å². The van der Waals surface area contributed by atoms with Crippen molar-refractivity contribution in [3.63, 3.8) is 0 Å². The van der Waals surface area contributed by atoms with Crippen LogP contribution in [0.25, 0.3) is 21.8 Å². The Morgan fingerprint density at radius 2 is 1.45 bits per heavy atom. The fourth-order valence-electron chi connectivity index (χ4n) is 4.39. The number of carbonyl (C=O) groups is 2. The number of hydrogen-bond acceptors (Lipinski definition) is 4. The second-order valence-corrected chi connectivity index (χ2v) is 8.97. The lowest BCUT2D eigenvalue weighted by Crippen LogP contribution is -2.14. The Hall–Kier alpha value is -5.30. The topological polar surface area (TPSA) is 99.8 Å². The van der Waals surface area contributed by atoms with Crippen LogP contribution in [0.4, 0.5) is 11.6 Å². The molecule has 38 heavy (non-hydrogen) atoms. The molecule has 6 rings (SSSR count). The zero-order valence-electron chi connectivity index (χ0n) is 20.3. The summed E-state index contributed by atoms with van der Waals surface area (Å²) in [6.07, 6.45) is 2.49. The van der Waals surface area contributed by atoms with Crippen LogP contribution >= 0.6 is 0 Å². The van der Waals surface area contributed by atoms with E-state index < -0.39 is 5.91 Å². The number of aromatic nitrogens is 3. The average Bonchev–Trinajstić information content (AvgIpc) is 3.37. The van der Waals surface area contributed by atoms with Crippen molar-refractivity contribution < 1.29 is 9.59 Å². The summed E-state index contributed by atoms with van der Waals surface area (Å²) in [5.74, 6) is -0.436. The molecule has 0 fully saturated rings. The van der Waals surface area contributed by atoms with E-state index in [0.29, 0.717) is 22.3 Å². The Morgan fingerprint density at radius 3 is 2.26 bits per heavy atom. The minimum atomic E-state index is -0.392. The smallest absolute Gasteiger partial charge is 0.276 e. The van der Waals surface area contributed by atoms with Crippen LogP contribution in [-0.4, -0.2) is 26.8 Å². The van der Waals surface area contributed by atoms with E-state index in [-0.39, 0.29) is 17.5 Å². The maximum atomic E-state index is 13.1. The van der Waals surface area contributed by atoms with E-state index in [1.165, 1.54) is 5.56 Å². The first-order chi connectivity index (χ1) is 18.6. The van der Waals surface area contributed by atoms with Crippen molar-refractivity contribution in [1.29, 1.82) is 0 Å². The number of amides is 2. The van der Waals surface area contributed by atoms with Gasteiger partial charge in [0.05, 0.1) is 11.1 Å². The van der Waals surface area contributed by atoms with Gasteiger partial charge in [0.1, 0.15) is 11.2 Å². The molecule has 0 saturated carbocycles. The first-order valence-corrected chi connectivity index (χ1v) is 12.2.